The fraction of sp³-hybridized carbons (Fsp3) is 0.318. The third-order valence-corrected chi connectivity index (χ3v) is 5.55. The number of hydrogen-bond donors (Lipinski definition) is 1. The number of benzene rings is 2. The zero-order chi connectivity index (χ0) is 19.5. The molecule has 1 aromatic heterocycles. The Morgan fingerprint density at radius 1 is 1.21 bits per heavy atom. The van der Waals surface area contributed by atoms with Crippen molar-refractivity contribution < 1.29 is 9.47 Å². The van der Waals surface area contributed by atoms with Crippen molar-refractivity contribution in [3.63, 3.8) is 0 Å². The Kier molecular flexibility index (Phi) is 5.69. The summed E-state index contributed by atoms with van der Waals surface area (Å²) in [5.41, 5.74) is 3.28. The summed E-state index contributed by atoms with van der Waals surface area (Å²) in [7, 11) is 1.68. The van der Waals surface area contributed by atoms with Gasteiger partial charge in [-0.15, -0.1) is 0 Å². The van der Waals surface area contributed by atoms with Crippen LogP contribution in [0.4, 0.5) is 11.5 Å². The highest BCUT2D eigenvalue weighted by Crippen LogP contribution is 2.32. The minimum Gasteiger partial charge on any atom is -0.497 e. The van der Waals surface area contributed by atoms with Crippen LogP contribution in [0, 0.1) is 0 Å². The molecule has 0 spiro atoms. The maximum absolute atomic E-state index is 5.63. The fourth-order valence-electron chi connectivity index (χ4n) is 3.50. The number of hydrogen-bond acceptors (Lipinski definition) is 5. The van der Waals surface area contributed by atoms with E-state index < -0.39 is 0 Å². The number of nitrogens with zero attached hydrogens (tertiary/aromatic N) is 2. The molecular weight excluding hydrogens is 418 g/mol. The number of rotatable bonds is 5. The van der Waals surface area contributed by atoms with Gasteiger partial charge in [0.15, 0.2) is 5.82 Å². The summed E-state index contributed by atoms with van der Waals surface area (Å²) in [6, 6.07) is 16.8. The zero-order valence-corrected chi connectivity index (χ0v) is 17.7. The highest BCUT2D eigenvalue weighted by molar-refractivity contribution is 9.10. The van der Waals surface area contributed by atoms with E-state index >= 15 is 0 Å². The number of methoxy groups -OCH3 is 1. The van der Waals surface area contributed by atoms with Crippen molar-refractivity contribution >= 4 is 38.3 Å². The number of fused-ring (bicyclic) bond motifs is 1. The molecule has 1 aliphatic heterocycles. The number of pyridine rings is 1. The van der Waals surface area contributed by atoms with Crippen molar-refractivity contribution in [1.29, 1.82) is 0 Å². The maximum Gasteiger partial charge on any atom is 0.150 e. The highest BCUT2D eigenvalue weighted by Gasteiger charge is 2.23. The molecule has 28 heavy (non-hydrogen) atoms. The van der Waals surface area contributed by atoms with E-state index in [2.05, 4.69) is 57.3 Å². The first-order chi connectivity index (χ1) is 13.6. The average molecular weight is 442 g/mol. The van der Waals surface area contributed by atoms with Crippen molar-refractivity contribution in [3.8, 4) is 5.75 Å². The summed E-state index contributed by atoms with van der Waals surface area (Å²) in [4.78, 5) is 7.32. The van der Waals surface area contributed by atoms with Crippen LogP contribution in [0.3, 0.4) is 0 Å². The molecule has 1 N–H and O–H groups in total. The van der Waals surface area contributed by atoms with Gasteiger partial charge in [-0.2, -0.15) is 0 Å². The molecular formula is C22H24BrN3O2. The molecule has 0 radical (unpaired) electrons. The molecule has 0 aliphatic carbocycles. The summed E-state index contributed by atoms with van der Waals surface area (Å²) in [6.45, 7) is 5.22. The van der Waals surface area contributed by atoms with Gasteiger partial charge < -0.3 is 19.7 Å². The number of ether oxygens (including phenoxy) is 2. The Morgan fingerprint density at radius 3 is 2.79 bits per heavy atom. The molecule has 2 aromatic carbocycles. The maximum atomic E-state index is 5.63. The molecule has 6 heteroatoms. The lowest BCUT2D eigenvalue weighted by Gasteiger charge is -2.36. The number of morpholine rings is 1. The Labute approximate surface area is 173 Å². The van der Waals surface area contributed by atoms with Crippen LogP contribution in [-0.4, -0.2) is 37.9 Å². The molecule has 1 atom stereocenters. The lowest BCUT2D eigenvalue weighted by atomic mass is 10.1. The van der Waals surface area contributed by atoms with E-state index in [9.17, 15) is 0 Å². The molecule has 0 bridgehead atoms. The third kappa shape index (κ3) is 4.08. The second kappa shape index (κ2) is 8.37. The second-order valence-electron chi connectivity index (χ2n) is 7.01. The van der Waals surface area contributed by atoms with Crippen LogP contribution in [-0.2, 0) is 11.3 Å². The van der Waals surface area contributed by atoms with Gasteiger partial charge in [0.2, 0.25) is 0 Å². The van der Waals surface area contributed by atoms with Gasteiger partial charge in [-0.3, -0.25) is 0 Å². The molecule has 146 valence electrons. The predicted octanol–water partition coefficient (Wildman–Crippen LogP) is 4.84. The van der Waals surface area contributed by atoms with Crippen LogP contribution in [0.25, 0.3) is 10.9 Å². The minimum atomic E-state index is 0.307. The molecule has 1 fully saturated rings. The monoisotopic (exact) mass is 441 g/mol. The SMILES string of the molecule is COc1ccc(CNc2nc3ccc(Br)cc3cc2N2CCOC[C@H]2C)cc1. The van der Waals surface area contributed by atoms with E-state index in [4.69, 9.17) is 14.5 Å². The number of halogens is 1. The topological polar surface area (TPSA) is 46.6 Å². The van der Waals surface area contributed by atoms with Gasteiger partial charge in [-0.05, 0) is 48.9 Å². The predicted molar refractivity (Wildman–Crippen MR) is 117 cm³/mol. The first-order valence-corrected chi connectivity index (χ1v) is 10.2. The van der Waals surface area contributed by atoms with Crippen LogP contribution < -0.4 is 15.0 Å². The third-order valence-electron chi connectivity index (χ3n) is 5.05. The summed E-state index contributed by atoms with van der Waals surface area (Å²) < 4.78 is 11.9. The van der Waals surface area contributed by atoms with Crippen LogP contribution in [0.5, 0.6) is 5.75 Å². The van der Waals surface area contributed by atoms with E-state index in [1.807, 2.05) is 24.3 Å². The molecule has 0 saturated carbocycles. The van der Waals surface area contributed by atoms with Gasteiger partial charge in [-0.1, -0.05) is 28.1 Å². The Bertz CT molecular complexity index is 962. The smallest absolute Gasteiger partial charge is 0.150 e. The van der Waals surface area contributed by atoms with Gasteiger partial charge >= 0.3 is 0 Å². The lowest BCUT2D eigenvalue weighted by molar-refractivity contribution is 0.0990. The van der Waals surface area contributed by atoms with Crippen molar-refractivity contribution in [2.75, 3.05) is 37.1 Å². The molecule has 5 nitrogen and oxygen atoms in total. The van der Waals surface area contributed by atoms with Crippen LogP contribution in [0.15, 0.2) is 53.0 Å². The Hall–Kier alpha value is -2.31. The molecule has 1 saturated heterocycles. The summed E-state index contributed by atoms with van der Waals surface area (Å²) in [6.07, 6.45) is 0. The van der Waals surface area contributed by atoms with Crippen LogP contribution in [0.2, 0.25) is 0 Å². The van der Waals surface area contributed by atoms with E-state index in [1.165, 1.54) is 5.56 Å². The second-order valence-corrected chi connectivity index (χ2v) is 7.93. The Morgan fingerprint density at radius 2 is 2.04 bits per heavy atom. The minimum absolute atomic E-state index is 0.307. The average Bonchev–Trinajstić information content (AvgIpc) is 2.72. The van der Waals surface area contributed by atoms with Gasteiger partial charge in [0.05, 0.1) is 31.5 Å². The quantitative estimate of drug-likeness (QED) is 0.613. The molecule has 4 rings (SSSR count). The molecule has 2 heterocycles. The van der Waals surface area contributed by atoms with Crippen LogP contribution >= 0.6 is 15.9 Å². The molecule has 1 aliphatic rings. The fourth-order valence-corrected chi connectivity index (χ4v) is 3.88. The molecule has 0 amide bonds. The van der Waals surface area contributed by atoms with Crippen molar-refractivity contribution in [1.82, 2.24) is 4.98 Å². The summed E-state index contributed by atoms with van der Waals surface area (Å²) in [5.74, 6) is 1.76. The highest BCUT2D eigenvalue weighted by atomic mass is 79.9. The van der Waals surface area contributed by atoms with Gasteiger partial charge in [0, 0.05) is 29.0 Å². The lowest BCUT2D eigenvalue weighted by Crippen LogP contribution is -2.44. The molecule has 3 aromatic rings. The first kappa shape index (κ1) is 19.0. The number of anilines is 2. The summed E-state index contributed by atoms with van der Waals surface area (Å²) >= 11 is 3.57. The van der Waals surface area contributed by atoms with Gasteiger partial charge in [0.1, 0.15) is 5.75 Å². The first-order valence-electron chi connectivity index (χ1n) is 9.45. The number of aromatic nitrogens is 1. The Balaban J connectivity index is 1.67. The standard InChI is InChI=1S/C22H24BrN3O2/c1-15-14-28-10-9-26(15)21-12-17-11-18(23)5-8-20(17)25-22(21)24-13-16-3-6-19(27-2)7-4-16/h3-8,11-12,15H,9-10,13-14H2,1-2H3,(H,24,25)/t15-/m1/s1. The zero-order valence-electron chi connectivity index (χ0n) is 16.1. The summed E-state index contributed by atoms with van der Waals surface area (Å²) in [5, 5.41) is 4.67. The largest absolute Gasteiger partial charge is 0.497 e. The van der Waals surface area contributed by atoms with Gasteiger partial charge in [0.25, 0.3) is 0 Å². The van der Waals surface area contributed by atoms with Crippen LogP contribution in [0.1, 0.15) is 12.5 Å². The van der Waals surface area contributed by atoms with Crippen molar-refractivity contribution in [2.24, 2.45) is 0 Å². The number of nitrogens with one attached hydrogen (secondary N) is 1. The van der Waals surface area contributed by atoms with Gasteiger partial charge in [-0.25, -0.2) is 4.98 Å². The normalized spacial score (nSPS) is 17.0. The van der Waals surface area contributed by atoms with E-state index in [0.29, 0.717) is 12.6 Å². The van der Waals surface area contributed by atoms with Crippen molar-refractivity contribution in [3.05, 3.63) is 58.6 Å². The van der Waals surface area contributed by atoms with Crippen molar-refractivity contribution in [2.45, 2.75) is 19.5 Å². The molecule has 0 unspecified atom stereocenters. The van der Waals surface area contributed by atoms with E-state index in [-0.39, 0.29) is 0 Å². The van der Waals surface area contributed by atoms with E-state index in [0.717, 1.165) is 52.4 Å². The van der Waals surface area contributed by atoms with E-state index in [1.54, 1.807) is 7.11 Å².